The van der Waals surface area contributed by atoms with Crippen molar-refractivity contribution in [2.45, 2.75) is 45.6 Å². The van der Waals surface area contributed by atoms with Crippen LogP contribution in [0.15, 0.2) is 12.1 Å². The zero-order chi connectivity index (χ0) is 14.7. The second-order valence-corrected chi connectivity index (χ2v) is 5.32. The minimum absolute atomic E-state index is 0.190. The number of carboxylic acids is 1. The summed E-state index contributed by atoms with van der Waals surface area (Å²) in [5, 5.41) is 9.21. The molecule has 0 aliphatic carbocycles. The number of carbonyl (C=O) groups is 1. The van der Waals surface area contributed by atoms with Gasteiger partial charge in [0.1, 0.15) is 11.8 Å². The molecule has 0 amide bonds. The number of benzene rings is 1. The summed E-state index contributed by atoms with van der Waals surface area (Å²) in [6, 6.07) is 2.89. The van der Waals surface area contributed by atoms with E-state index in [1.165, 1.54) is 0 Å². The zero-order valence-electron chi connectivity index (χ0n) is 12.2. The molecule has 1 atom stereocenters. The van der Waals surface area contributed by atoms with Crippen molar-refractivity contribution >= 4 is 5.97 Å². The molecule has 3 N–H and O–H groups in total. The van der Waals surface area contributed by atoms with Gasteiger partial charge in [0, 0.05) is 5.56 Å². The van der Waals surface area contributed by atoms with Gasteiger partial charge in [-0.05, 0) is 23.0 Å². The van der Waals surface area contributed by atoms with Crippen LogP contribution in [-0.2, 0) is 4.79 Å². The topological polar surface area (TPSA) is 72.5 Å². The molecule has 0 saturated carbocycles. The lowest BCUT2D eigenvalue weighted by molar-refractivity contribution is -0.138. The molecule has 1 aromatic carbocycles. The third-order valence-electron chi connectivity index (χ3n) is 3.29. The van der Waals surface area contributed by atoms with Gasteiger partial charge in [0.2, 0.25) is 0 Å². The minimum Gasteiger partial charge on any atom is -0.496 e. The number of rotatable bonds is 5. The van der Waals surface area contributed by atoms with E-state index in [1.54, 1.807) is 7.11 Å². The summed E-state index contributed by atoms with van der Waals surface area (Å²) in [7, 11) is 1.56. The van der Waals surface area contributed by atoms with E-state index in [-0.39, 0.29) is 11.8 Å². The lowest BCUT2D eigenvalue weighted by atomic mass is 9.87. The molecule has 4 nitrogen and oxygen atoms in total. The smallest absolute Gasteiger partial charge is 0.325 e. The Morgan fingerprint density at radius 1 is 1.16 bits per heavy atom. The van der Waals surface area contributed by atoms with Crippen LogP contribution in [0.3, 0.4) is 0 Å². The molecule has 106 valence electrons. The highest BCUT2D eigenvalue weighted by Crippen LogP contribution is 2.38. The van der Waals surface area contributed by atoms with Gasteiger partial charge in [-0.1, -0.05) is 39.8 Å². The molecule has 4 heteroatoms. The maximum Gasteiger partial charge on any atom is 0.325 e. The van der Waals surface area contributed by atoms with E-state index in [1.807, 2.05) is 39.8 Å². The van der Waals surface area contributed by atoms with Crippen LogP contribution >= 0.6 is 0 Å². The molecule has 0 bridgehead atoms. The SMILES string of the molecule is COc1c(C(C)C)ccc(C(C)C)c1C(N)C(=O)O. The maximum atomic E-state index is 11.2. The summed E-state index contributed by atoms with van der Waals surface area (Å²) < 4.78 is 5.46. The van der Waals surface area contributed by atoms with Gasteiger partial charge >= 0.3 is 5.97 Å². The average molecular weight is 265 g/mol. The summed E-state index contributed by atoms with van der Waals surface area (Å²) >= 11 is 0. The van der Waals surface area contributed by atoms with Crippen molar-refractivity contribution in [3.05, 3.63) is 28.8 Å². The molecule has 1 unspecified atom stereocenters. The van der Waals surface area contributed by atoms with Crippen LogP contribution in [0.4, 0.5) is 0 Å². The fourth-order valence-corrected chi connectivity index (χ4v) is 2.26. The fourth-order valence-electron chi connectivity index (χ4n) is 2.26. The van der Waals surface area contributed by atoms with Crippen molar-refractivity contribution in [1.82, 2.24) is 0 Å². The summed E-state index contributed by atoms with van der Waals surface area (Å²) in [5.41, 5.74) is 8.35. The van der Waals surface area contributed by atoms with E-state index in [9.17, 15) is 9.90 Å². The van der Waals surface area contributed by atoms with E-state index in [2.05, 4.69) is 0 Å². The highest BCUT2D eigenvalue weighted by atomic mass is 16.5. The van der Waals surface area contributed by atoms with Gasteiger partial charge in [0.15, 0.2) is 0 Å². The van der Waals surface area contributed by atoms with Gasteiger partial charge in [-0.15, -0.1) is 0 Å². The predicted molar refractivity (Wildman–Crippen MR) is 75.7 cm³/mol. The number of ether oxygens (including phenoxy) is 1. The molecule has 0 aliphatic rings. The highest BCUT2D eigenvalue weighted by Gasteiger charge is 2.26. The summed E-state index contributed by atoms with van der Waals surface area (Å²) in [6.07, 6.45) is 0. The first kappa shape index (κ1) is 15.5. The van der Waals surface area contributed by atoms with Crippen LogP contribution in [0, 0.1) is 0 Å². The lowest BCUT2D eigenvalue weighted by Gasteiger charge is -2.23. The van der Waals surface area contributed by atoms with Crippen molar-refractivity contribution < 1.29 is 14.6 Å². The Morgan fingerprint density at radius 3 is 2.00 bits per heavy atom. The zero-order valence-corrected chi connectivity index (χ0v) is 12.2. The number of aliphatic carboxylic acids is 1. The van der Waals surface area contributed by atoms with E-state index in [0.29, 0.717) is 11.3 Å². The quantitative estimate of drug-likeness (QED) is 0.858. The standard InChI is InChI=1S/C15H23NO3/c1-8(2)10-6-7-11(9(3)4)14(19-5)12(10)13(16)15(17)18/h6-9,13H,16H2,1-5H3,(H,17,18). The van der Waals surface area contributed by atoms with Crippen LogP contribution in [0.25, 0.3) is 0 Å². The second-order valence-electron chi connectivity index (χ2n) is 5.32. The van der Waals surface area contributed by atoms with Gasteiger partial charge in [0.25, 0.3) is 0 Å². The summed E-state index contributed by atoms with van der Waals surface area (Å²) in [4.78, 5) is 11.2. The fraction of sp³-hybridized carbons (Fsp3) is 0.533. The average Bonchev–Trinajstić information content (AvgIpc) is 2.35. The van der Waals surface area contributed by atoms with Gasteiger partial charge in [0.05, 0.1) is 7.11 Å². The van der Waals surface area contributed by atoms with Gasteiger partial charge in [-0.3, -0.25) is 4.79 Å². The van der Waals surface area contributed by atoms with Crippen molar-refractivity contribution in [3.63, 3.8) is 0 Å². The molecule has 0 aliphatic heterocycles. The Kier molecular flexibility index (Phi) is 4.95. The molecule has 0 heterocycles. The Hall–Kier alpha value is -1.55. The van der Waals surface area contributed by atoms with Crippen LogP contribution in [0.1, 0.15) is 62.3 Å². The van der Waals surface area contributed by atoms with E-state index >= 15 is 0 Å². The molecule has 0 spiro atoms. The molecule has 0 radical (unpaired) electrons. The Labute approximate surface area is 114 Å². The summed E-state index contributed by atoms with van der Waals surface area (Å²) in [6.45, 7) is 8.12. The maximum absolute atomic E-state index is 11.2. The molecule has 19 heavy (non-hydrogen) atoms. The van der Waals surface area contributed by atoms with E-state index in [4.69, 9.17) is 10.5 Å². The summed E-state index contributed by atoms with van der Waals surface area (Å²) in [5.74, 6) is 0.00336. The van der Waals surface area contributed by atoms with E-state index in [0.717, 1.165) is 11.1 Å². The van der Waals surface area contributed by atoms with Crippen LogP contribution in [-0.4, -0.2) is 18.2 Å². The number of methoxy groups -OCH3 is 1. The van der Waals surface area contributed by atoms with Crippen molar-refractivity contribution in [2.75, 3.05) is 7.11 Å². The number of carboxylic acid groups (broad SMARTS) is 1. The normalized spacial score (nSPS) is 12.8. The van der Waals surface area contributed by atoms with Crippen LogP contribution in [0.2, 0.25) is 0 Å². The molecular formula is C15H23NO3. The molecule has 1 rings (SSSR count). The van der Waals surface area contributed by atoms with E-state index < -0.39 is 12.0 Å². The highest BCUT2D eigenvalue weighted by molar-refractivity contribution is 5.77. The third-order valence-corrected chi connectivity index (χ3v) is 3.29. The Morgan fingerprint density at radius 2 is 1.63 bits per heavy atom. The molecule has 0 aromatic heterocycles. The van der Waals surface area contributed by atoms with Crippen molar-refractivity contribution in [2.24, 2.45) is 5.73 Å². The number of hydrogen-bond donors (Lipinski definition) is 2. The molecule has 1 aromatic rings. The molecular weight excluding hydrogens is 242 g/mol. The van der Waals surface area contributed by atoms with Gasteiger partial charge in [-0.25, -0.2) is 0 Å². The first-order valence-corrected chi connectivity index (χ1v) is 6.50. The monoisotopic (exact) mass is 265 g/mol. The third kappa shape index (κ3) is 3.07. The van der Waals surface area contributed by atoms with Crippen LogP contribution < -0.4 is 10.5 Å². The van der Waals surface area contributed by atoms with Crippen molar-refractivity contribution in [1.29, 1.82) is 0 Å². The lowest BCUT2D eigenvalue weighted by Crippen LogP contribution is -2.24. The Bertz CT molecular complexity index is 467. The van der Waals surface area contributed by atoms with Gasteiger partial charge < -0.3 is 15.6 Å². The first-order chi connectivity index (χ1) is 8.81. The number of nitrogens with two attached hydrogens (primary N) is 1. The largest absolute Gasteiger partial charge is 0.496 e. The Balaban J connectivity index is 3.59. The molecule has 0 fully saturated rings. The minimum atomic E-state index is -1.06. The predicted octanol–water partition coefficient (Wildman–Crippen LogP) is 3.03. The second kappa shape index (κ2) is 6.06. The van der Waals surface area contributed by atoms with Gasteiger partial charge in [-0.2, -0.15) is 0 Å². The molecule has 0 saturated heterocycles. The number of hydrogen-bond acceptors (Lipinski definition) is 3. The van der Waals surface area contributed by atoms with Crippen LogP contribution in [0.5, 0.6) is 5.75 Å². The first-order valence-electron chi connectivity index (χ1n) is 6.50. The van der Waals surface area contributed by atoms with Crippen molar-refractivity contribution in [3.8, 4) is 5.75 Å².